The fourth-order valence-electron chi connectivity index (χ4n) is 4.42. The fraction of sp³-hybridized carbons (Fsp3) is 0.286. The second-order valence-corrected chi connectivity index (χ2v) is 10.8. The molecule has 0 amide bonds. The van der Waals surface area contributed by atoms with Crippen LogP contribution in [-0.4, -0.2) is 5.11 Å². The highest BCUT2D eigenvalue weighted by molar-refractivity contribution is 7.80. The Balaban J connectivity index is 1.68. The third kappa shape index (κ3) is 5.82. The van der Waals surface area contributed by atoms with Gasteiger partial charge in [-0.2, -0.15) is 12.6 Å². The first kappa shape index (κ1) is 23.1. The number of rotatable bonds is 7. The first-order chi connectivity index (χ1) is 15.5. The van der Waals surface area contributed by atoms with Crippen LogP contribution in [0.25, 0.3) is 0 Å². The lowest BCUT2D eigenvalue weighted by atomic mass is 9.89. The van der Waals surface area contributed by atoms with Crippen molar-refractivity contribution in [2.24, 2.45) is 11.8 Å². The van der Waals surface area contributed by atoms with Crippen LogP contribution in [0.1, 0.15) is 41.7 Å². The van der Waals surface area contributed by atoms with Gasteiger partial charge >= 0.3 is 0 Å². The molecule has 32 heavy (non-hydrogen) atoms. The largest absolute Gasteiger partial charge is 0.507 e. The average Bonchev–Trinajstić information content (AvgIpc) is 2.79. The molecule has 166 valence electrons. The van der Waals surface area contributed by atoms with Crippen LogP contribution in [0.5, 0.6) is 5.75 Å². The summed E-state index contributed by atoms with van der Waals surface area (Å²) in [5, 5.41) is 13.1. The lowest BCUT2D eigenvalue weighted by Gasteiger charge is -2.20. The molecular weight excluding hydrogens is 434 g/mol. The van der Waals surface area contributed by atoms with Gasteiger partial charge in [0.2, 0.25) is 0 Å². The van der Waals surface area contributed by atoms with E-state index in [1.54, 1.807) is 6.07 Å². The van der Waals surface area contributed by atoms with Crippen LogP contribution in [0.2, 0.25) is 0 Å². The molecule has 0 spiro atoms. The number of hydrogen-bond acceptors (Lipinski definition) is 2. The molecule has 0 aliphatic heterocycles. The maximum absolute atomic E-state index is 13.9. The molecule has 1 N–H and O–H groups in total. The van der Waals surface area contributed by atoms with Gasteiger partial charge in [-0.25, -0.2) is 4.39 Å². The van der Waals surface area contributed by atoms with Crippen LogP contribution in [0.3, 0.4) is 0 Å². The number of thiol groups is 1. The zero-order chi connectivity index (χ0) is 22.5. The molecule has 4 rings (SSSR count). The molecule has 2 aromatic rings. The molecule has 2 aliphatic carbocycles. The molecule has 1 nitrogen and oxygen atoms in total. The molecule has 0 saturated heterocycles. The summed E-state index contributed by atoms with van der Waals surface area (Å²) < 4.78 is 13.9. The van der Waals surface area contributed by atoms with E-state index in [0.717, 1.165) is 47.4 Å². The number of phenolic OH excluding ortho intramolecular Hbond substituents is 1. The van der Waals surface area contributed by atoms with Gasteiger partial charge in [-0.1, -0.05) is 69.3 Å². The van der Waals surface area contributed by atoms with Gasteiger partial charge in [-0.15, -0.1) is 0 Å². The second kappa shape index (κ2) is 10.7. The monoisotopic (exact) mass is 464 g/mol. The third-order valence-electron chi connectivity index (χ3n) is 6.10. The van der Waals surface area contributed by atoms with Crippen LogP contribution in [0, 0.1) is 17.7 Å². The van der Waals surface area contributed by atoms with Gasteiger partial charge in [-0.3, -0.25) is 0 Å². The van der Waals surface area contributed by atoms with Crippen molar-refractivity contribution in [1.82, 2.24) is 0 Å². The summed E-state index contributed by atoms with van der Waals surface area (Å²) in [6.45, 7) is 1.96. The Morgan fingerprint density at radius 1 is 0.969 bits per heavy atom. The number of phenols is 1. The summed E-state index contributed by atoms with van der Waals surface area (Å²) in [5.74, 6) is 1.01. The highest BCUT2D eigenvalue weighted by Crippen LogP contribution is 2.32. The Hall–Kier alpha value is -2.09. The molecule has 2 aromatic carbocycles. The molecule has 0 bridgehead atoms. The average molecular weight is 465 g/mol. The van der Waals surface area contributed by atoms with Gasteiger partial charge in [0, 0.05) is 10.6 Å². The second-order valence-electron chi connectivity index (χ2n) is 8.71. The summed E-state index contributed by atoms with van der Waals surface area (Å²) in [6.07, 6.45) is 21.1. The number of benzene rings is 2. The number of halogens is 1. The fourth-order valence-corrected chi connectivity index (χ4v) is 6.18. The van der Waals surface area contributed by atoms with E-state index in [1.807, 2.05) is 13.0 Å². The van der Waals surface area contributed by atoms with E-state index < -0.39 is 0 Å². The van der Waals surface area contributed by atoms with Crippen LogP contribution < -0.4 is 10.6 Å². The van der Waals surface area contributed by atoms with Gasteiger partial charge in [0.25, 0.3) is 0 Å². The first-order valence-corrected chi connectivity index (χ1v) is 12.8. The van der Waals surface area contributed by atoms with Gasteiger partial charge in [0.05, 0.1) is 0 Å². The van der Waals surface area contributed by atoms with Crippen LogP contribution in [0.15, 0.2) is 78.9 Å². The lowest BCUT2D eigenvalue weighted by Crippen LogP contribution is -2.14. The van der Waals surface area contributed by atoms with Crippen molar-refractivity contribution in [1.29, 1.82) is 0 Å². The Kier molecular flexibility index (Phi) is 7.71. The maximum Gasteiger partial charge on any atom is 0.126 e. The van der Waals surface area contributed by atoms with Gasteiger partial charge < -0.3 is 5.11 Å². The minimum atomic E-state index is -0.248. The van der Waals surface area contributed by atoms with Crippen LogP contribution in [0.4, 0.5) is 4.39 Å². The van der Waals surface area contributed by atoms with Gasteiger partial charge in [0.15, 0.2) is 0 Å². The van der Waals surface area contributed by atoms with Gasteiger partial charge in [0.1, 0.15) is 11.6 Å². The van der Waals surface area contributed by atoms with Crippen molar-refractivity contribution in [3.63, 3.8) is 0 Å². The molecule has 2 aliphatic rings. The molecular formula is C28H30FOPS. The summed E-state index contributed by atoms with van der Waals surface area (Å²) in [6, 6.07) is 9.25. The third-order valence-corrected chi connectivity index (χ3v) is 7.75. The predicted octanol–water partition coefficient (Wildman–Crippen LogP) is 6.50. The SMILES string of the molecule is CC(S)c1cc(F)ccc1Pc1cc(CC2C=CC=CC2)cc(CC2C=CC=CC2)c1O. The van der Waals surface area contributed by atoms with Crippen LogP contribution >= 0.6 is 21.2 Å². The topological polar surface area (TPSA) is 20.2 Å². The Labute approximate surface area is 198 Å². The van der Waals surface area contributed by atoms with Crippen molar-refractivity contribution in [3.8, 4) is 5.75 Å². The molecule has 4 heteroatoms. The minimum absolute atomic E-state index is 0.0728. The van der Waals surface area contributed by atoms with Crippen molar-refractivity contribution in [3.05, 3.63) is 101 Å². The molecule has 0 radical (unpaired) electrons. The zero-order valence-corrected chi connectivity index (χ0v) is 20.2. The number of allylic oxidation sites excluding steroid dienone is 8. The molecule has 4 atom stereocenters. The van der Waals surface area contributed by atoms with Crippen LogP contribution in [-0.2, 0) is 12.8 Å². The van der Waals surface area contributed by atoms with E-state index in [2.05, 4.69) is 73.4 Å². The van der Waals surface area contributed by atoms with Gasteiger partial charge in [-0.05, 0) is 84.6 Å². The summed E-state index contributed by atoms with van der Waals surface area (Å²) in [4.78, 5) is 0. The zero-order valence-electron chi connectivity index (χ0n) is 18.3. The van der Waals surface area contributed by atoms with E-state index in [1.165, 1.54) is 11.6 Å². The first-order valence-electron chi connectivity index (χ1n) is 11.3. The van der Waals surface area contributed by atoms with E-state index >= 15 is 0 Å². The van der Waals surface area contributed by atoms with E-state index in [9.17, 15) is 9.50 Å². The number of hydrogen-bond donors (Lipinski definition) is 2. The van der Waals surface area contributed by atoms with Crippen molar-refractivity contribution >= 4 is 31.8 Å². The Bertz CT molecular complexity index is 1080. The summed E-state index contributed by atoms with van der Waals surface area (Å²) >= 11 is 4.56. The highest BCUT2D eigenvalue weighted by Gasteiger charge is 2.18. The quantitative estimate of drug-likeness (QED) is 0.354. The highest BCUT2D eigenvalue weighted by atomic mass is 32.1. The van der Waals surface area contributed by atoms with E-state index in [0.29, 0.717) is 17.6 Å². The maximum atomic E-state index is 13.9. The van der Waals surface area contributed by atoms with Crippen molar-refractivity contribution < 1.29 is 9.50 Å². The minimum Gasteiger partial charge on any atom is -0.507 e. The van der Waals surface area contributed by atoms with E-state index in [-0.39, 0.29) is 19.6 Å². The smallest absolute Gasteiger partial charge is 0.126 e. The van der Waals surface area contributed by atoms with E-state index in [4.69, 9.17) is 0 Å². The van der Waals surface area contributed by atoms with Crippen molar-refractivity contribution in [2.45, 2.75) is 37.9 Å². The number of aromatic hydroxyl groups is 1. The lowest BCUT2D eigenvalue weighted by molar-refractivity contribution is 0.467. The molecule has 0 aromatic heterocycles. The molecule has 0 saturated carbocycles. The summed E-state index contributed by atoms with van der Waals surface area (Å²) in [7, 11) is 0.251. The normalized spacial score (nSPS) is 21.0. The summed E-state index contributed by atoms with van der Waals surface area (Å²) in [5.41, 5.74) is 3.15. The standard InChI is InChI=1S/C28H30FOPS/c1-19(32)25-18-24(29)12-13-26(25)31-27-17-22(14-20-8-4-2-5-9-20)16-23(28(27)30)15-21-10-6-3-7-11-21/h2-8,10,12-13,16-21,30-32H,9,11,14-15H2,1H3. The van der Waals surface area contributed by atoms with Crippen molar-refractivity contribution in [2.75, 3.05) is 0 Å². The molecule has 4 unspecified atom stereocenters. The molecule has 0 fully saturated rings. The Morgan fingerprint density at radius 3 is 2.28 bits per heavy atom. The predicted molar refractivity (Wildman–Crippen MR) is 140 cm³/mol. The molecule has 0 heterocycles. The Morgan fingerprint density at radius 2 is 1.66 bits per heavy atom.